The van der Waals surface area contributed by atoms with Gasteiger partial charge in [-0.25, -0.2) is 4.21 Å². The van der Waals surface area contributed by atoms with Crippen molar-refractivity contribution in [2.75, 3.05) is 5.75 Å². The summed E-state index contributed by atoms with van der Waals surface area (Å²) in [6.45, 7) is 1.99. The third-order valence-electron chi connectivity index (χ3n) is 0.673. The van der Waals surface area contributed by atoms with Crippen LogP contribution < -0.4 is 0 Å². The smallest absolute Gasteiger partial charge is 0.152 e. The van der Waals surface area contributed by atoms with Crippen molar-refractivity contribution in [1.29, 1.82) is 0 Å². The van der Waals surface area contributed by atoms with Gasteiger partial charge < -0.3 is 4.55 Å². The molecule has 5 heteroatoms. The molecule has 0 aromatic rings. The van der Waals surface area contributed by atoms with E-state index >= 15 is 0 Å². The van der Waals surface area contributed by atoms with Gasteiger partial charge in [-0.05, 0) is 6.42 Å². The van der Waals surface area contributed by atoms with Gasteiger partial charge in [0.15, 0.2) is 11.1 Å². The van der Waals surface area contributed by atoms with Gasteiger partial charge in [0.1, 0.15) is 0 Å². The van der Waals surface area contributed by atoms with Gasteiger partial charge in [-0.1, -0.05) is 13.3 Å². The van der Waals surface area contributed by atoms with Gasteiger partial charge in [0, 0.05) is 35.3 Å². The van der Waals surface area contributed by atoms with Crippen molar-refractivity contribution in [2.24, 2.45) is 0 Å². The summed E-state index contributed by atoms with van der Waals surface area (Å²) in [5.74, 6) is 0.427. The van der Waals surface area contributed by atoms with E-state index in [2.05, 4.69) is 0 Å². The second-order valence-corrected chi connectivity index (χ2v) is 2.43. The van der Waals surface area contributed by atoms with Gasteiger partial charge in [0.05, 0.1) is 0 Å². The van der Waals surface area contributed by atoms with Crippen LogP contribution in [0.25, 0.3) is 0 Å². The predicted molar refractivity (Wildman–Crippen MR) is 38.8 cm³/mol. The molecule has 0 aromatic carbocycles. The van der Waals surface area contributed by atoms with Crippen LogP contribution >= 0.6 is 0 Å². The number of rotatable bonds is 3. The Morgan fingerprint density at radius 1 is 1.56 bits per heavy atom. The second kappa shape index (κ2) is 11.8. The molecule has 0 saturated carbocycles. The van der Waals surface area contributed by atoms with Crippen LogP contribution in [-0.4, -0.2) is 44.1 Å². The summed E-state index contributed by atoms with van der Waals surface area (Å²) >= 11 is -1.57. The molecular weight excluding hydrogens is 154 g/mol. The van der Waals surface area contributed by atoms with Crippen LogP contribution in [0.5, 0.6) is 0 Å². The quantitative estimate of drug-likeness (QED) is 0.495. The zero-order chi connectivity index (χ0) is 5.70. The van der Waals surface area contributed by atoms with Gasteiger partial charge in [0.2, 0.25) is 0 Å². The summed E-state index contributed by atoms with van der Waals surface area (Å²) < 4.78 is 18.0. The van der Waals surface area contributed by atoms with E-state index in [4.69, 9.17) is 4.55 Å². The Labute approximate surface area is 79.4 Å². The van der Waals surface area contributed by atoms with Crippen LogP contribution in [0.4, 0.5) is 4.70 Å². The summed E-state index contributed by atoms with van der Waals surface area (Å²) in [5, 5.41) is 0. The second-order valence-electron chi connectivity index (χ2n) is 1.38. The van der Waals surface area contributed by atoms with Crippen LogP contribution in [0.3, 0.4) is 0 Å². The molecule has 0 aliphatic carbocycles. The molecular formula is C4H11FNaO2S. The average Bonchev–Trinajstić information content (AvgIpc) is 1.61. The van der Waals surface area contributed by atoms with E-state index < -0.39 is 11.1 Å². The van der Waals surface area contributed by atoms with Crippen LogP contribution in [-0.2, 0) is 11.1 Å². The van der Waals surface area contributed by atoms with Crippen LogP contribution in [0.1, 0.15) is 19.8 Å². The first-order chi connectivity index (χ1) is 3.27. The molecule has 1 atom stereocenters. The fourth-order valence-electron chi connectivity index (χ4n) is 0.268. The molecule has 53 valence electrons. The predicted octanol–water partition coefficient (Wildman–Crippen LogP) is 0.780. The van der Waals surface area contributed by atoms with E-state index in [0.717, 1.165) is 12.8 Å². The summed E-state index contributed by atoms with van der Waals surface area (Å²) in [6, 6.07) is 0. The Kier molecular flexibility index (Phi) is 21.7. The monoisotopic (exact) mass is 165 g/mol. The van der Waals surface area contributed by atoms with Crippen LogP contribution in [0.15, 0.2) is 0 Å². The fraction of sp³-hybridized carbons (Fsp3) is 1.00. The molecule has 0 aliphatic rings. The molecule has 0 amide bonds. The van der Waals surface area contributed by atoms with E-state index in [1.807, 2.05) is 6.92 Å². The van der Waals surface area contributed by atoms with Gasteiger partial charge in [0.25, 0.3) is 0 Å². The Balaban J connectivity index is -0.000000180. The third kappa shape index (κ3) is 17.6. The molecule has 0 fully saturated rings. The molecule has 0 bridgehead atoms. The molecule has 0 spiro atoms. The topological polar surface area (TPSA) is 37.3 Å². The maximum atomic E-state index is 9.87. The summed E-state index contributed by atoms with van der Waals surface area (Å²) in [5.41, 5.74) is 0. The largest absolute Gasteiger partial charge is 0.306 e. The molecule has 0 aromatic heterocycles. The fourth-order valence-corrected chi connectivity index (χ4v) is 0.803. The first kappa shape index (κ1) is 16.6. The molecule has 2 nitrogen and oxygen atoms in total. The maximum Gasteiger partial charge on any atom is 0.152 e. The van der Waals surface area contributed by atoms with Gasteiger partial charge >= 0.3 is 0 Å². The number of hydrogen-bond donors (Lipinski definition) is 1. The SMILES string of the molecule is CCCCS(=O)O.F.[Na]. The van der Waals surface area contributed by atoms with Crippen LogP contribution in [0, 0.1) is 0 Å². The van der Waals surface area contributed by atoms with Gasteiger partial charge in [-0.15, -0.1) is 0 Å². The van der Waals surface area contributed by atoms with Crippen molar-refractivity contribution in [3.63, 3.8) is 0 Å². The molecule has 1 N–H and O–H groups in total. The van der Waals surface area contributed by atoms with Crippen molar-refractivity contribution in [1.82, 2.24) is 0 Å². The van der Waals surface area contributed by atoms with Crippen molar-refractivity contribution >= 4 is 40.6 Å². The Hall–Kier alpha value is 1.04. The first-order valence-corrected chi connectivity index (χ1v) is 3.62. The minimum atomic E-state index is -1.57. The minimum Gasteiger partial charge on any atom is -0.306 e. The Morgan fingerprint density at radius 2 is 2.00 bits per heavy atom. The minimum absolute atomic E-state index is 0. The molecule has 0 heterocycles. The van der Waals surface area contributed by atoms with Crippen molar-refractivity contribution in [2.45, 2.75) is 19.8 Å². The van der Waals surface area contributed by atoms with Crippen molar-refractivity contribution < 1.29 is 13.5 Å². The van der Waals surface area contributed by atoms with E-state index in [-0.39, 0.29) is 34.3 Å². The summed E-state index contributed by atoms with van der Waals surface area (Å²) in [4.78, 5) is 0. The summed E-state index contributed by atoms with van der Waals surface area (Å²) in [6.07, 6.45) is 1.84. The van der Waals surface area contributed by atoms with Gasteiger partial charge in [-0.3, -0.25) is 4.70 Å². The number of unbranched alkanes of at least 4 members (excludes halogenated alkanes) is 1. The Morgan fingerprint density at radius 3 is 2.11 bits per heavy atom. The van der Waals surface area contributed by atoms with E-state index in [0.29, 0.717) is 5.75 Å². The molecule has 9 heavy (non-hydrogen) atoms. The summed E-state index contributed by atoms with van der Waals surface area (Å²) in [7, 11) is 0. The van der Waals surface area contributed by atoms with Crippen molar-refractivity contribution in [3.8, 4) is 0 Å². The molecule has 0 rings (SSSR count). The Bertz CT molecular complexity index is 71.6. The van der Waals surface area contributed by atoms with Crippen molar-refractivity contribution in [3.05, 3.63) is 0 Å². The molecule has 0 aliphatic heterocycles. The zero-order valence-electron chi connectivity index (χ0n) is 5.79. The molecule has 1 unspecified atom stereocenters. The van der Waals surface area contributed by atoms with Gasteiger partial charge in [-0.2, -0.15) is 0 Å². The standard InChI is InChI=1S/C4H10O2S.FH.Na/c1-2-3-4-7(5)6;;/h2-4H2,1H3,(H,5,6);1H;. The van der Waals surface area contributed by atoms with E-state index in [9.17, 15) is 4.21 Å². The first-order valence-electron chi connectivity index (χ1n) is 2.35. The third-order valence-corrected chi connectivity index (χ3v) is 1.31. The van der Waals surface area contributed by atoms with E-state index in [1.54, 1.807) is 0 Å². The van der Waals surface area contributed by atoms with E-state index in [1.165, 1.54) is 0 Å². The zero-order valence-corrected chi connectivity index (χ0v) is 8.61. The molecule has 1 radical (unpaired) electrons. The maximum absolute atomic E-state index is 9.87. The average molecular weight is 165 g/mol. The number of hydrogen-bond acceptors (Lipinski definition) is 1. The number of halogens is 1. The normalized spacial score (nSPS) is 10.9. The van der Waals surface area contributed by atoms with Crippen LogP contribution in [0.2, 0.25) is 0 Å². The molecule has 0 saturated heterocycles.